The molecule has 1 aromatic rings. The molecule has 1 aliphatic rings. The van der Waals surface area contributed by atoms with Gasteiger partial charge in [0.2, 0.25) is 0 Å². The van der Waals surface area contributed by atoms with Gasteiger partial charge < -0.3 is 10.1 Å². The first-order valence-electron chi connectivity index (χ1n) is 7.20. The number of aryl methyl sites for hydroxylation is 1. The lowest BCUT2D eigenvalue weighted by atomic mass is 10.0. The lowest BCUT2D eigenvalue weighted by molar-refractivity contribution is -0.384. The van der Waals surface area contributed by atoms with Gasteiger partial charge in [-0.25, -0.2) is 0 Å². The number of benzene rings is 1. The summed E-state index contributed by atoms with van der Waals surface area (Å²) >= 11 is 0. The molecule has 5 nitrogen and oxygen atoms in total. The molecule has 0 spiro atoms. The molecule has 5 heteroatoms. The van der Waals surface area contributed by atoms with Crippen molar-refractivity contribution in [2.45, 2.75) is 38.6 Å². The van der Waals surface area contributed by atoms with Crippen LogP contribution in [-0.2, 0) is 6.42 Å². The van der Waals surface area contributed by atoms with E-state index in [1.54, 1.807) is 19.2 Å². The van der Waals surface area contributed by atoms with Gasteiger partial charge in [-0.3, -0.25) is 10.1 Å². The zero-order valence-electron chi connectivity index (χ0n) is 12.1. The topological polar surface area (TPSA) is 64.4 Å². The molecule has 20 heavy (non-hydrogen) atoms. The smallest absolute Gasteiger partial charge is 0.269 e. The van der Waals surface area contributed by atoms with Crippen molar-refractivity contribution in [1.29, 1.82) is 0 Å². The number of nitrogens with zero attached hydrogens (tertiary/aromatic N) is 1. The van der Waals surface area contributed by atoms with Crippen LogP contribution in [0, 0.1) is 16.0 Å². The van der Waals surface area contributed by atoms with Gasteiger partial charge in [-0.05, 0) is 44.2 Å². The highest BCUT2D eigenvalue weighted by atomic mass is 16.6. The van der Waals surface area contributed by atoms with Crippen LogP contribution in [0.4, 0.5) is 5.69 Å². The molecule has 1 N–H and O–H groups in total. The van der Waals surface area contributed by atoms with Crippen molar-refractivity contribution in [3.63, 3.8) is 0 Å². The second-order valence-corrected chi connectivity index (χ2v) is 5.29. The van der Waals surface area contributed by atoms with Crippen LogP contribution in [0.15, 0.2) is 18.2 Å². The Bertz CT molecular complexity index is 472. The second-order valence-electron chi connectivity index (χ2n) is 5.29. The standard InChI is InChI=1S/C15H22N2O3/c1-3-16-14(11-4-5-11)8-6-12-10-13(17(18)19)7-9-15(12)20-2/h7,9-11,14,16H,3-6,8H2,1-2H3. The monoisotopic (exact) mass is 278 g/mol. The molecule has 0 amide bonds. The van der Waals surface area contributed by atoms with Crippen molar-refractivity contribution in [2.75, 3.05) is 13.7 Å². The van der Waals surface area contributed by atoms with Crippen LogP contribution in [0.5, 0.6) is 5.75 Å². The van der Waals surface area contributed by atoms with Crippen LogP contribution in [0.25, 0.3) is 0 Å². The minimum atomic E-state index is -0.356. The summed E-state index contributed by atoms with van der Waals surface area (Å²) in [5.41, 5.74) is 1.05. The number of nitrogens with one attached hydrogen (secondary N) is 1. The Hall–Kier alpha value is -1.62. The number of rotatable bonds is 8. The quantitative estimate of drug-likeness (QED) is 0.586. The molecule has 0 bridgehead atoms. The van der Waals surface area contributed by atoms with Crippen molar-refractivity contribution in [2.24, 2.45) is 5.92 Å². The maximum absolute atomic E-state index is 10.9. The zero-order chi connectivity index (χ0) is 14.5. The summed E-state index contributed by atoms with van der Waals surface area (Å²) in [5, 5.41) is 14.4. The molecule has 1 aromatic carbocycles. The van der Waals surface area contributed by atoms with Gasteiger partial charge in [0.05, 0.1) is 12.0 Å². The molecule has 110 valence electrons. The maximum atomic E-state index is 10.9. The predicted octanol–water partition coefficient (Wildman–Crippen LogP) is 2.92. The van der Waals surface area contributed by atoms with E-state index in [1.165, 1.54) is 18.9 Å². The Kier molecular flexibility index (Phi) is 4.95. The van der Waals surface area contributed by atoms with Crippen LogP contribution < -0.4 is 10.1 Å². The molecule has 0 aliphatic heterocycles. The van der Waals surface area contributed by atoms with E-state index >= 15 is 0 Å². The highest BCUT2D eigenvalue weighted by molar-refractivity contribution is 5.43. The van der Waals surface area contributed by atoms with Gasteiger partial charge in [-0.1, -0.05) is 6.92 Å². The summed E-state index contributed by atoms with van der Waals surface area (Å²) in [5.74, 6) is 1.52. The fraction of sp³-hybridized carbons (Fsp3) is 0.600. The van der Waals surface area contributed by atoms with E-state index in [2.05, 4.69) is 12.2 Å². The largest absolute Gasteiger partial charge is 0.496 e. The molecule has 1 unspecified atom stereocenters. The SMILES string of the molecule is CCNC(CCc1cc([N+](=O)[O-])ccc1OC)C1CC1. The number of ether oxygens (including phenoxy) is 1. The molecule has 0 saturated heterocycles. The van der Waals surface area contributed by atoms with E-state index in [0.29, 0.717) is 6.04 Å². The van der Waals surface area contributed by atoms with Crippen LogP contribution in [0.1, 0.15) is 31.7 Å². The van der Waals surface area contributed by atoms with Crippen molar-refractivity contribution < 1.29 is 9.66 Å². The van der Waals surface area contributed by atoms with Crippen molar-refractivity contribution in [3.05, 3.63) is 33.9 Å². The molecule has 1 saturated carbocycles. The molecule has 1 fully saturated rings. The second kappa shape index (κ2) is 6.70. The normalized spacial score (nSPS) is 15.9. The van der Waals surface area contributed by atoms with E-state index in [0.717, 1.165) is 36.6 Å². The number of hydrogen-bond donors (Lipinski definition) is 1. The number of non-ortho nitro benzene ring substituents is 1. The lowest BCUT2D eigenvalue weighted by Gasteiger charge is -2.17. The number of methoxy groups -OCH3 is 1. The van der Waals surface area contributed by atoms with Gasteiger partial charge in [0.25, 0.3) is 5.69 Å². The maximum Gasteiger partial charge on any atom is 0.269 e. The summed E-state index contributed by atoms with van der Waals surface area (Å²) in [6, 6.07) is 5.33. The highest BCUT2D eigenvalue weighted by Crippen LogP contribution is 2.35. The molecule has 1 aliphatic carbocycles. The first-order valence-corrected chi connectivity index (χ1v) is 7.20. The number of nitro groups is 1. The first kappa shape index (κ1) is 14.8. The Labute approximate surface area is 119 Å². The third-order valence-electron chi connectivity index (χ3n) is 3.86. The van der Waals surface area contributed by atoms with Crippen molar-refractivity contribution in [1.82, 2.24) is 5.32 Å². The molecule has 0 radical (unpaired) electrons. The molecule has 0 aromatic heterocycles. The molecule has 0 heterocycles. The summed E-state index contributed by atoms with van der Waals surface area (Å²) < 4.78 is 5.31. The Morgan fingerprint density at radius 1 is 1.50 bits per heavy atom. The Morgan fingerprint density at radius 2 is 2.25 bits per heavy atom. The van der Waals surface area contributed by atoms with Gasteiger partial charge >= 0.3 is 0 Å². The summed E-state index contributed by atoms with van der Waals surface area (Å²) in [6.45, 7) is 3.08. The Morgan fingerprint density at radius 3 is 2.80 bits per heavy atom. The average molecular weight is 278 g/mol. The first-order chi connectivity index (χ1) is 9.65. The number of nitro benzene ring substituents is 1. The lowest BCUT2D eigenvalue weighted by Crippen LogP contribution is -2.31. The minimum absolute atomic E-state index is 0.132. The third kappa shape index (κ3) is 3.70. The van der Waals surface area contributed by atoms with Crippen LogP contribution in [-0.4, -0.2) is 24.6 Å². The third-order valence-corrected chi connectivity index (χ3v) is 3.86. The van der Waals surface area contributed by atoms with E-state index in [-0.39, 0.29) is 10.6 Å². The van der Waals surface area contributed by atoms with Gasteiger partial charge in [-0.2, -0.15) is 0 Å². The van der Waals surface area contributed by atoms with E-state index in [1.807, 2.05) is 0 Å². The van der Waals surface area contributed by atoms with E-state index < -0.39 is 0 Å². The van der Waals surface area contributed by atoms with Crippen molar-refractivity contribution >= 4 is 5.69 Å². The van der Waals surface area contributed by atoms with Gasteiger partial charge in [0, 0.05) is 23.7 Å². The average Bonchev–Trinajstić information content (AvgIpc) is 3.27. The molecule has 1 atom stereocenters. The summed E-state index contributed by atoms with van der Waals surface area (Å²) in [7, 11) is 1.60. The summed E-state index contributed by atoms with van der Waals surface area (Å²) in [4.78, 5) is 10.5. The molecular formula is C15H22N2O3. The van der Waals surface area contributed by atoms with Crippen LogP contribution >= 0.6 is 0 Å². The van der Waals surface area contributed by atoms with Gasteiger partial charge in [-0.15, -0.1) is 0 Å². The molecule has 2 rings (SSSR count). The van der Waals surface area contributed by atoms with Crippen LogP contribution in [0.2, 0.25) is 0 Å². The van der Waals surface area contributed by atoms with E-state index in [9.17, 15) is 10.1 Å². The predicted molar refractivity (Wildman–Crippen MR) is 78.2 cm³/mol. The minimum Gasteiger partial charge on any atom is -0.496 e. The van der Waals surface area contributed by atoms with Crippen molar-refractivity contribution in [3.8, 4) is 5.75 Å². The van der Waals surface area contributed by atoms with Gasteiger partial charge in [0.15, 0.2) is 0 Å². The Balaban J connectivity index is 2.06. The van der Waals surface area contributed by atoms with Crippen LogP contribution in [0.3, 0.4) is 0 Å². The number of hydrogen-bond acceptors (Lipinski definition) is 4. The zero-order valence-corrected chi connectivity index (χ0v) is 12.1. The fourth-order valence-corrected chi connectivity index (χ4v) is 2.65. The van der Waals surface area contributed by atoms with E-state index in [4.69, 9.17) is 4.74 Å². The highest BCUT2D eigenvalue weighted by Gasteiger charge is 2.30. The summed E-state index contributed by atoms with van der Waals surface area (Å²) in [6.07, 6.45) is 4.39. The van der Waals surface area contributed by atoms with Gasteiger partial charge in [0.1, 0.15) is 5.75 Å². The fourth-order valence-electron chi connectivity index (χ4n) is 2.65. The molecular weight excluding hydrogens is 256 g/mol.